The number of methoxy groups -OCH3 is 3. The Morgan fingerprint density at radius 2 is 1.57 bits per heavy atom. The molecule has 1 aliphatic rings. The van der Waals surface area contributed by atoms with E-state index in [0.717, 1.165) is 29.5 Å². The quantitative estimate of drug-likeness (QED) is 0.520. The van der Waals surface area contributed by atoms with Gasteiger partial charge >= 0.3 is 0 Å². The van der Waals surface area contributed by atoms with E-state index in [9.17, 15) is 14.4 Å². The van der Waals surface area contributed by atoms with Crippen molar-refractivity contribution in [2.24, 2.45) is 0 Å². The third-order valence-corrected chi connectivity index (χ3v) is 5.44. The Balaban J connectivity index is 2.27. The molecule has 0 radical (unpaired) electrons. The third kappa shape index (κ3) is 5.27. The van der Waals surface area contributed by atoms with E-state index in [1.807, 2.05) is 13.8 Å². The zero-order valence-electron chi connectivity index (χ0n) is 18.0. The van der Waals surface area contributed by atoms with Crippen molar-refractivity contribution in [3.05, 3.63) is 22.6 Å². The van der Waals surface area contributed by atoms with Crippen LogP contribution in [0.2, 0.25) is 0 Å². The molecule has 8 nitrogen and oxygen atoms in total. The van der Waals surface area contributed by atoms with E-state index in [0.29, 0.717) is 35.9 Å². The van der Waals surface area contributed by atoms with Crippen LogP contribution in [0.3, 0.4) is 0 Å². The summed E-state index contributed by atoms with van der Waals surface area (Å²) in [5, 5.41) is -0.466. The van der Waals surface area contributed by atoms with Crippen LogP contribution in [0.5, 0.6) is 17.2 Å². The Bertz CT molecular complexity index is 833. The maximum absolute atomic E-state index is 12.8. The van der Waals surface area contributed by atoms with Crippen LogP contribution in [-0.2, 0) is 9.59 Å². The van der Waals surface area contributed by atoms with E-state index in [1.165, 1.54) is 21.3 Å². The van der Waals surface area contributed by atoms with Gasteiger partial charge in [-0.15, -0.1) is 0 Å². The molecule has 1 aliphatic heterocycles. The van der Waals surface area contributed by atoms with Crippen LogP contribution in [-0.4, -0.2) is 67.8 Å². The van der Waals surface area contributed by atoms with Gasteiger partial charge < -0.3 is 19.1 Å². The molecule has 1 aromatic carbocycles. The molecule has 1 saturated heterocycles. The lowest BCUT2D eigenvalue weighted by Gasteiger charge is -2.23. The molecule has 0 N–H and O–H groups in total. The topological polar surface area (TPSA) is 85.4 Å². The summed E-state index contributed by atoms with van der Waals surface area (Å²) >= 11 is 0.800. The first kappa shape index (κ1) is 23.6. The molecule has 0 bridgehead atoms. The average molecular weight is 437 g/mol. The number of ether oxygens (including phenoxy) is 3. The van der Waals surface area contributed by atoms with Crippen molar-refractivity contribution < 1.29 is 28.6 Å². The number of amides is 3. The summed E-state index contributed by atoms with van der Waals surface area (Å²) in [4.78, 5) is 40.7. The predicted octanol–water partition coefficient (Wildman–Crippen LogP) is 3.40. The van der Waals surface area contributed by atoms with Crippen molar-refractivity contribution in [3.8, 4) is 17.2 Å². The second-order valence-electron chi connectivity index (χ2n) is 6.60. The van der Waals surface area contributed by atoms with Crippen LogP contribution in [0.4, 0.5) is 4.79 Å². The standard InChI is InChI=1S/C21H28N2O6S/c1-6-8-22(9-7-2)19(24)13-23-20(25)18(30-21(23)26)11-14-10-16(28-4)17(29-5)12-15(14)27-3/h10-12H,6-9,13H2,1-5H3/b18-11-. The SMILES string of the molecule is CCCN(CCC)C(=O)CN1C(=O)S/C(=C\c2cc(OC)c(OC)cc2OC)C1=O. The van der Waals surface area contributed by atoms with E-state index in [4.69, 9.17) is 14.2 Å². The summed E-state index contributed by atoms with van der Waals surface area (Å²) in [5.74, 6) is 0.688. The molecule has 0 unspecified atom stereocenters. The Labute approximate surface area is 181 Å². The number of thioether (sulfide) groups is 1. The number of benzene rings is 1. The molecule has 1 fully saturated rings. The second kappa shape index (κ2) is 10.9. The van der Waals surface area contributed by atoms with Crippen LogP contribution in [0.15, 0.2) is 17.0 Å². The number of hydrogen-bond donors (Lipinski definition) is 0. The van der Waals surface area contributed by atoms with Crippen molar-refractivity contribution in [1.29, 1.82) is 0 Å². The summed E-state index contributed by atoms with van der Waals surface area (Å²) in [6.07, 6.45) is 3.19. The molecule has 0 atom stereocenters. The minimum absolute atomic E-state index is 0.218. The Morgan fingerprint density at radius 1 is 1.00 bits per heavy atom. The fraction of sp³-hybridized carbons (Fsp3) is 0.476. The van der Waals surface area contributed by atoms with Gasteiger partial charge in [0.05, 0.1) is 26.2 Å². The van der Waals surface area contributed by atoms with Crippen LogP contribution in [0.25, 0.3) is 6.08 Å². The molecule has 0 spiro atoms. The zero-order chi connectivity index (χ0) is 22.3. The normalized spacial score (nSPS) is 15.0. The van der Waals surface area contributed by atoms with Gasteiger partial charge in [-0.2, -0.15) is 0 Å². The summed E-state index contributed by atoms with van der Waals surface area (Å²) in [6.45, 7) is 4.90. The Hall–Kier alpha value is -2.68. The van der Waals surface area contributed by atoms with Crippen molar-refractivity contribution in [2.45, 2.75) is 26.7 Å². The lowest BCUT2D eigenvalue weighted by Crippen LogP contribution is -2.42. The summed E-state index contributed by atoms with van der Waals surface area (Å²) in [6, 6.07) is 3.31. The summed E-state index contributed by atoms with van der Waals surface area (Å²) in [7, 11) is 4.52. The number of imide groups is 1. The van der Waals surface area contributed by atoms with Gasteiger partial charge in [-0.3, -0.25) is 19.3 Å². The van der Waals surface area contributed by atoms with Crippen molar-refractivity contribution >= 4 is 34.9 Å². The molecule has 1 heterocycles. The lowest BCUT2D eigenvalue weighted by atomic mass is 10.1. The van der Waals surface area contributed by atoms with E-state index in [-0.39, 0.29) is 17.4 Å². The van der Waals surface area contributed by atoms with Crippen LogP contribution >= 0.6 is 11.8 Å². The van der Waals surface area contributed by atoms with E-state index >= 15 is 0 Å². The van der Waals surface area contributed by atoms with Crippen LogP contribution in [0.1, 0.15) is 32.3 Å². The largest absolute Gasteiger partial charge is 0.496 e. The highest BCUT2D eigenvalue weighted by Gasteiger charge is 2.37. The third-order valence-electron chi connectivity index (χ3n) is 4.53. The first-order chi connectivity index (χ1) is 14.4. The van der Waals surface area contributed by atoms with Crippen molar-refractivity contribution in [1.82, 2.24) is 9.80 Å². The summed E-state index contributed by atoms with van der Waals surface area (Å²) in [5.41, 5.74) is 0.561. The molecule has 164 valence electrons. The molecule has 0 aliphatic carbocycles. The van der Waals surface area contributed by atoms with Gasteiger partial charge in [0.15, 0.2) is 11.5 Å². The fourth-order valence-corrected chi connectivity index (χ4v) is 3.91. The van der Waals surface area contributed by atoms with Gasteiger partial charge in [0.2, 0.25) is 5.91 Å². The lowest BCUT2D eigenvalue weighted by molar-refractivity contribution is -0.135. The maximum atomic E-state index is 12.8. The highest BCUT2D eigenvalue weighted by atomic mass is 32.2. The monoisotopic (exact) mass is 436 g/mol. The Morgan fingerprint density at radius 3 is 2.10 bits per heavy atom. The molecular weight excluding hydrogens is 408 g/mol. The molecule has 1 aromatic rings. The number of carbonyl (C=O) groups is 3. The van der Waals surface area contributed by atoms with Gasteiger partial charge in [-0.25, -0.2) is 0 Å². The first-order valence-corrected chi connectivity index (χ1v) is 10.5. The smallest absolute Gasteiger partial charge is 0.294 e. The van der Waals surface area contributed by atoms with Gasteiger partial charge in [0.25, 0.3) is 11.1 Å². The van der Waals surface area contributed by atoms with Gasteiger partial charge in [-0.05, 0) is 36.7 Å². The second-order valence-corrected chi connectivity index (χ2v) is 7.59. The van der Waals surface area contributed by atoms with Crippen molar-refractivity contribution in [2.75, 3.05) is 41.0 Å². The number of carbonyl (C=O) groups excluding carboxylic acids is 3. The van der Waals surface area contributed by atoms with Crippen LogP contribution < -0.4 is 14.2 Å². The zero-order valence-corrected chi connectivity index (χ0v) is 18.8. The highest BCUT2D eigenvalue weighted by Crippen LogP contribution is 2.38. The molecule has 9 heteroatoms. The minimum atomic E-state index is -0.497. The number of nitrogens with zero attached hydrogens (tertiary/aromatic N) is 2. The van der Waals surface area contributed by atoms with E-state index in [1.54, 1.807) is 23.1 Å². The molecule has 30 heavy (non-hydrogen) atoms. The van der Waals surface area contributed by atoms with Crippen molar-refractivity contribution in [3.63, 3.8) is 0 Å². The van der Waals surface area contributed by atoms with Gasteiger partial charge in [-0.1, -0.05) is 13.8 Å². The fourth-order valence-electron chi connectivity index (χ4n) is 3.08. The number of rotatable bonds is 10. The molecule has 0 aromatic heterocycles. The highest BCUT2D eigenvalue weighted by molar-refractivity contribution is 8.18. The number of hydrogen-bond acceptors (Lipinski definition) is 7. The summed E-state index contributed by atoms with van der Waals surface area (Å²) < 4.78 is 15.9. The molecule has 3 amide bonds. The average Bonchev–Trinajstić information content (AvgIpc) is 3.00. The first-order valence-electron chi connectivity index (χ1n) is 9.73. The molecule has 0 saturated carbocycles. The Kier molecular flexibility index (Phi) is 8.58. The van der Waals surface area contributed by atoms with E-state index < -0.39 is 11.1 Å². The van der Waals surface area contributed by atoms with Gasteiger partial charge in [0, 0.05) is 24.7 Å². The van der Waals surface area contributed by atoms with Gasteiger partial charge in [0.1, 0.15) is 12.3 Å². The van der Waals surface area contributed by atoms with E-state index in [2.05, 4.69) is 0 Å². The molecular formula is C21H28N2O6S. The predicted molar refractivity (Wildman–Crippen MR) is 116 cm³/mol. The van der Waals surface area contributed by atoms with Crippen LogP contribution in [0, 0.1) is 0 Å². The minimum Gasteiger partial charge on any atom is -0.496 e. The maximum Gasteiger partial charge on any atom is 0.294 e. The molecule has 2 rings (SSSR count).